The number of benzene rings is 1. The number of hydrogen-bond donors (Lipinski definition) is 1. The van der Waals surface area contributed by atoms with E-state index < -0.39 is 0 Å². The first kappa shape index (κ1) is 14.3. The fraction of sp³-hybridized carbons (Fsp3) is 0.500. The summed E-state index contributed by atoms with van der Waals surface area (Å²) in [5.41, 5.74) is 8.19. The SMILES string of the molecule is NC(=S)C1CN(Cc2cc(Br)cc3c2OCC3)CCO1. The second kappa shape index (κ2) is 5.97. The van der Waals surface area contributed by atoms with Gasteiger partial charge in [-0.2, -0.15) is 0 Å². The van der Waals surface area contributed by atoms with Gasteiger partial charge in [-0.05, 0) is 17.7 Å². The highest BCUT2D eigenvalue weighted by Crippen LogP contribution is 2.33. The summed E-state index contributed by atoms with van der Waals surface area (Å²) in [7, 11) is 0. The van der Waals surface area contributed by atoms with Crippen molar-refractivity contribution in [2.45, 2.75) is 19.1 Å². The number of fused-ring (bicyclic) bond motifs is 1. The van der Waals surface area contributed by atoms with E-state index in [9.17, 15) is 0 Å². The van der Waals surface area contributed by atoms with Crippen molar-refractivity contribution >= 4 is 33.1 Å². The van der Waals surface area contributed by atoms with E-state index in [1.165, 1.54) is 11.1 Å². The first-order valence-corrected chi connectivity index (χ1v) is 7.91. The van der Waals surface area contributed by atoms with Crippen LogP contribution in [0.3, 0.4) is 0 Å². The molecule has 0 spiro atoms. The summed E-state index contributed by atoms with van der Waals surface area (Å²) < 4.78 is 12.5. The standard InChI is InChI=1S/C14H17BrN2O2S/c15-11-5-9-1-3-19-13(9)10(6-11)7-17-2-4-18-12(8-17)14(16)20/h5-6,12H,1-4,7-8H2,(H2,16,20). The third kappa shape index (κ3) is 2.98. The van der Waals surface area contributed by atoms with Gasteiger partial charge in [-0.3, -0.25) is 4.90 Å². The van der Waals surface area contributed by atoms with Crippen LogP contribution in [-0.4, -0.2) is 42.3 Å². The Balaban J connectivity index is 1.76. The van der Waals surface area contributed by atoms with Crippen molar-refractivity contribution in [3.63, 3.8) is 0 Å². The smallest absolute Gasteiger partial charge is 0.127 e. The Labute approximate surface area is 132 Å². The second-order valence-corrected chi connectivity index (χ2v) is 6.54. The molecular formula is C14H17BrN2O2S. The monoisotopic (exact) mass is 356 g/mol. The lowest BCUT2D eigenvalue weighted by Gasteiger charge is -2.32. The molecule has 1 fully saturated rings. The highest BCUT2D eigenvalue weighted by molar-refractivity contribution is 9.10. The van der Waals surface area contributed by atoms with Crippen molar-refractivity contribution in [2.75, 3.05) is 26.3 Å². The van der Waals surface area contributed by atoms with Crippen LogP contribution >= 0.6 is 28.1 Å². The van der Waals surface area contributed by atoms with E-state index in [0.29, 0.717) is 11.6 Å². The Morgan fingerprint density at radius 3 is 3.10 bits per heavy atom. The van der Waals surface area contributed by atoms with Crippen LogP contribution in [0.4, 0.5) is 0 Å². The molecule has 4 nitrogen and oxygen atoms in total. The number of hydrogen-bond acceptors (Lipinski definition) is 4. The molecule has 0 saturated carbocycles. The summed E-state index contributed by atoms with van der Waals surface area (Å²) in [6.07, 6.45) is 0.847. The summed E-state index contributed by atoms with van der Waals surface area (Å²) in [6, 6.07) is 4.28. The highest BCUT2D eigenvalue weighted by Gasteiger charge is 2.25. The van der Waals surface area contributed by atoms with Gasteiger partial charge >= 0.3 is 0 Å². The number of rotatable bonds is 3. The quantitative estimate of drug-likeness (QED) is 0.837. The Kier molecular flexibility index (Phi) is 4.26. The maximum atomic E-state index is 5.77. The third-order valence-electron chi connectivity index (χ3n) is 3.69. The molecule has 1 aromatic carbocycles. The summed E-state index contributed by atoms with van der Waals surface area (Å²) in [6.45, 7) is 3.91. The molecule has 0 amide bonds. The molecule has 20 heavy (non-hydrogen) atoms. The van der Waals surface area contributed by atoms with Crippen molar-refractivity contribution in [3.05, 3.63) is 27.7 Å². The van der Waals surface area contributed by atoms with Gasteiger partial charge in [0.1, 0.15) is 16.8 Å². The average molecular weight is 357 g/mol. The van der Waals surface area contributed by atoms with Crippen LogP contribution in [-0.2, 0) is 17.7 Å². The number of halogens is 1. The van der Waals surface area contributed by atoms with E-state index in [1.807, 2.05) is 0 Å². The Morgan fingerprint density at radius 2 is 2.30 bits per heavy atom. The molecule has 1 atom stereocenters. The van der Waals surface area contributed by atoms with Crippen molar-refractivity contribution in [3.8, 4) is 5.75 Å². The van der Waals surface area contributed by atoms with Gasteiger partial charge in [0.15, 0.2) is 0 Å². The Morgan fingerprint density at radius 1 is 1.45 bits per heavy atom. The minimum absolute atomic E-state index is 0.139. The molecule has 1 aromatic rings. The zero-order valence-electron chi connectivity index (χ0n) is 11.1. The van der Waals surface area contributed by atoms with Gasteiger partial charge in [0.2, 0.25) is 0 Å². The highest BCUT2D eigenvalue weighted by atomic mass is 79.9. The van der Waals surface area contributed by atoms with Gasteiger partial charge in [0.25, 0.3) is 0 Å². The molecule has 1 unspecified atom stereocenters. The molecule has 2 aliphatic heterocycles. The van der Waals surface area contributed by atoms with Crippen LogP contribution in [0.5, 0.6) is 5.75 Å². The van der Waals surface area contributed by atoms with Crippen molar-refractivity contribution in [1.82, 2.24) is 4.90 Å². The molecule has 1 saturated heterocycles. The number of morpholine rings is 1. The fourth-order valence-electron chi connectivity index (χ4n) is 2.72. The van der Waals surface area contributed by atoms with E-state index in [4.69, 9.17) is 27.4 Å². The number of nitrogens with zero attached hydrogens (tertiary/aromatic N) is 1. The zero-order valence-corrected chi connectivity index (χ0v) is 13.5. The third-order valence-corrected chi connectivity index (χ3v) is 4.41. The van der Waals surface area contributed by atoms with E-state index in [0.717, 1.165) is 42.9 Å². The lowest BCUT2D eigenvalue weighted by atomic mass is 10.1. The normalized spacial score (nSPS) is 22.4. The first-order valence-electron chi connectivity index (χ1n) is 6.71. The average Bonchev–Trinajstić information content (AvgIpc) is 2.87. The van der Waals surface area contributed by atoms with Crippen molar-refractivity contribution < 1.29 is 9.47 Å². The summed E-state index contributed by atoms with van der Waals surface area (Å²) in [5, 5.41) is 0. The molecule has 0 radical (unpaired) electrons. The van der Waals surface area contributed by atoms with E-state index in [2.05, 4.69) is 33.0 Å². The Hall–Kier alpha value is -0.690. The summed E-state index contributed by atoms with van der Waals surface area (Å²) in [4.78, 5) is 2.75. The molecule has 2 N–H and O–H groups in total. The number of ether oxygens (including phenoxy) is 2. The molecule has 2 aliphatic rings. The number of nitrogens with two attached hydrogens (primary N) is 1. The van der Waals surface area contributed by atoms with Gasteiger partial charge < -0.3 is 15.2 Å². The molecule has 108 valence electrons. The molecular weight excluding hydrogens is 340 g/mol. The number of thiocarbonyl (C=S) groups is 1. The van der Waals surface area contributed by atoms with Gasteiger partial charge in [-0.25, -0.2) is 0 Å². The van der Waals surface area contributed by atoms with Gasteiger partial charge in [0.05, 0.1) is 13.2 Å². The van der Waals surface area contributed by atoms with Crippen LogP contribution in [0.1, 0.15) is 11.1 Å². The van der Waals surface area contributed by atoms with Crippen LogP contribution in [0.2, 0.25) is 0 Å². The molecule has 6 heteroatoms. The van der Waals surface area contributed by atoms with Crippen LogP contribution < -0.4 is 10.5 Å². The predicted molar refractivity (Wildman–Crippen MR) is 85.1 cm³/mol. The van der Waals surface area contributed by atoms with Crippen molar-refractivity contribution in [1.29, 1.82) is 0 Å². The molecule has 2 heterocycles. The summed E-state index contributed by atoms with van der Waals surface area (Å²) >= 11 is 8.60. The van der Waals surface area contributed by atoms with Crippen molar-refractivity contribution in [2.24, 2.45) is 5.73 Å². The Bertz CT molecular complexity index is 538. The van der Waals surface area contributed by atoms with E-state index in [1.54, 1.807) is 0 Å². The van der Waals surface area contributed by atoms with Gasteiger partial charge in [-0.15, -0.1) is 0 Å². The van der Waals surface area contributed by atoms with Crippen LogP contribution in [0.25, 0.3) is 0 Å². The van der Waals surface area contributed by atoms with Gasteiger partial charge in [0, 0.05) is 36.1 Å². The molecule has 0 aliphatic carbocycles. The lowest BCUT2D eigenvalue weighted by molar-refractivity contribution is 0.00366. The molecule has 3 rings (SSSR count). The van der Waals surface area contributed by atoms with E-state index in [-0.39, 0.29) is 6.10 Å². The van der Waals surface area contributed by atoms with Crippen LogP contribution in [0, 0.1) is 0 Å². The maximum absolute atomic E-state index is 5.77. The molecule has 0 bridgehead atoms. The molecule has 0 aromatic heterocycles. The second-order valence-electron chi connectivity index (χ2n) is 5.15. The minimum atomic E-state index is -0.139. The zero-order chi connectivity index (χ0) is 14.1. The summed E-state index contributed by atoms with van der Waals surface area (Å²) in [5.74, 6) is 1.05. The minimum Gasteiger partial charge on any atom is -0.493 e. The topological polar surface area (TPSA) is 47.7 Å². The van der Waals surface area contributed by atoms with Gasteiger partial charge in [-0.1, -0.05) is 28.1 Å². The lowest BCUT2D eigenvalue weighted by Crippen LogP contribution is -2.47. The predicted octanol–water partition coefficient (Wildman–Crippen LogP) is 1.87. The maximum Gasteiger partial charge on any atom is 0.127 e. The van der Waals surface area contributed by atoms with E-state index >= 15 is 0 Å². The van der Waals surface area contributed by atoms with Crippen LogP contribution in [0.15, 0.2) is 16.6 Å². The fourth-order valence-corrected chi connectivity index (χ4v) is 3.42. The first-order chi connectivity index (χ1) is 9.63. The largest absolute Gasteiger partial charge is 0.493 e.